The van der Waals surface area contributed by atoms with Crippen LogP contribution in [0, 0.1) is 6.92 Å². The molecule has 0 unspecified atom stereocenters. The number of hydrogen-bond acceptors (Lipinski definition) is 5. The van der Waals surface area contributed by atoms with Crippen molar-refractivity contribution >= 4 is 12.0 Å². The Bertz CT molecular complexity index is 1240. The van der Waals surface area contributed by atoms with Gasteiger partial charge in [0, 0.05) is 44.8 Å². The van der Waals surface area contributed by atoms with Gasteiger partial charge in [0.2, 0.25) is 0 Å². The van der Waals surface area contributed by atoms with Crippen LogP contribution in [0.2, 0.25) is 0 Å². The zero-order chi connectivity index (χ0) is 24.8. The molecule has 2 aromatic carbocycles. The molecule has 0 spiro atoms. The number of ether oxygens (including phenoxy) is 1. The highest BCUT2D eigenvalue weighted by Crippen LogP contribution is 2.28. The molecule has 0 radical (unpaired) electrons. The van der Waals surface area contributed by atoms with Gasteiger partial charge in [-0.3, -0.25) is 13.9 Å². The summed E-state index contributed by atoms with van der Waals surface area (Å²) in [7, 11) is 0. The van der Waals surface area contributed by atoms with Crippen molar-refractivity contribution in [1.82, 2.24) is 24.7 Å². The van der Waals surface area contributed by atoms with Crippen molar-refractivity contribution in [2.45, 2.75) is 20.4 Å². The van der Waals surface area contributed by atoms with E-state index in [0.717, 1.165) is 11.1 Å². The van der Waals surface area contributed by atoms with Crippen LogP contribution >= 0.6 is 0 Å². The van der Waals surface area contributed by atoms with Gasteiger partial charge in [-0.1, -0.05) is 48.5 Å². The standard InChI is InChI=1S/C26H31N5O4/c1-3-35-25(33)28-15-18-30-23(24(32)29-16-13-27-14-17-29)22(20-10-5-4-6-11-20)31(26(30)34)21-12-8-7-9-19(21)2/h4-12,27H,3,13-18H2,1-2H3,(H,28,33). The van der Waals surface area contributed by atoms with Crippen LogP contribution in [0.5, 0.6) is 0 Å². The van der Waals surface area contributed by atoms with Gasteiger partial charge in [0.05, 0.1) is 18.0 Å². The average Bonchev–Trinajstić information content (AvgIpc) is 3.17. The molecule has 1 saturated heterocycles. The number of rotatable bonds is 7. The number of nitrogens with one attached hydrogen (secondary N) is 2. The van der Waals surface area contributed by atoms with E-state index in [4.69, 9.17) is 4.74 Å². The number of para-hydroxylation sites is 1. The smallest absolute Gasteiger partial charge is 0.407 e. The zero-order valence-corrected chi connectivity index (χ0v) is 20.1. The second-order valence-corrected chi connectivity index (χ2v) is 8.31. The first-order valence-corrected chi connectivity index (χ1v) is 11.9. The van der Waals surface area contributed by atoms with Gasteiger partial charge in [-0.25, -0.2) is 9.59 Å². The molecule has 2 N–H and O–H groups in total. The first kappa shape index (κ1) is 24.3. The molecule has 0 bridgehead atoms. The van der Waals surface area contributed by atoms with Crippen molar-refractivity contribution < 1.29 is 14.3 Å². The molecular formula is C26H31N5O4. The predicted octanol–water partition coefficient (Wildman–Crippen LogP) is 2.41. The highest BCUT2D eigenvalue weighted by Gasteiger charge is 2.31. The molecule has 0 aliphatic carbocycles. The molecule has 1 aliphatic heterocycles. The second kappa shape index (κ2) is 11.1. The van der Waals surface area contributed by atoms with Crippen LogP contribution in [0.4, 0.5) is 4.79 Å². The molecule has 184 valence electrons. The molecule has 2 heterocycles. The van der Waals surface area contributed by atoms with Crippen molar-refractivity contribution in [3.05, 3.63) is 76.3 Å². The summed E-state index contributed by atoms with van der Waals surface area (Å²) < 4.78 is 8.03. The molecule has 2 amide bonds. The van der Waals surface area contributed by atoms with E-state index >= 15 is 0 Å². The van der Waals surface area contributed by atoms with E-state index in [-0.39, 0.29) is 31.3 Å². The summed E-state index contributed by atoms with van der Waals surface area (Å²) in [6, 6.07) is 17.1. The van der Waals surface area contributed by atoms with Gasteiger partial charge in [-0.05, 0) is 25.5 Å². The maximum absolute atomic E-state index is 13.9. The summed E-state index contributed by atoms with van der Waals surface area (Å²) in [5.41, 5.74) is 2.92. The van der Waals surface area contributed by atoms with Gasteiger partial charge in [-0.2, -0.15) is 0 Å². The van der Waals surface area contributed by atoms with Crippen LogP contribution in [0.1, 0.15) is 23.0 Å². The number of carbonyl (C=O) groups is 2. The van der Waals surface area contributed by atoms with Gasteiger partial charge in [-0.15, -0.1) is 0 Å². The molecule has 1 aliphatic rings. The number of alkyl carbamates (subject to hydrolysis) is 1. The van der Waals surface area contributed by atoms with Gasteiger partial charge in [0.1, 0.15) is 5.69 Å². The number of amides is 2. The number of aryl methyl sites for hydroxylation is 1. The van der Waals surface area contributed by atoms with E-state index in [1.54, 1.807) is 16.4 Å². The molecule has 9 heteroatoms. The Hall–Kier alpha value is -3.85. The minimum absolute atomic E-state index is 0.128. The summed E-state index contributed by atoms with van der Waals surface area (Å²) in [5, 5.41) is 5.92. The van der Waals surface area contributed by atoms with Crippen molar-refractivity contribution in [3.8, 4) is 16.9 Å². The Kier molecular flexibility index (Phi) is 7.67. The summed E-state index contributed by atoms with van der Waals surface area (Å²) in [6.07, 6.45) is -0.558. The molecule has 0 saturated carbocycles. The minimum Gasteiger partial charge on any atom is -0.450 e. The highest BCUT2D eigenvalue weighted by molar-refractivity contribution is 5.99. The SMILES string of the molecule is CCOC(=O)NCCn1c(C(=O)N2CCNCC2)c(-c2ccccc2)n(-c2ccccc2C)c1=O. The second-order valence-electron chi connectivity index (χ2n) is 8.31. The number of aromatic nitrogens is 2. The van der Waals surface area contributed by atoms with Crippen molar-refractivity contribution in [3.63, 3.8) is 0 Å². The molecule has 1 fully saturated rings. The Balaban J connectivity index is 1.90. The quantitative estimate of drug-likeness (QED) is 0.545. The fourth-order valence-electron chi connectivity index (χ4n) is 4.34. The third-order valence-corrected chi connectivity index (χ3v) is 6.03. The number of nitrogens with zero attached hydrogens (tertiary/aromatic N) is 3. The molecule has 3 aromatic rings. The first-order valence-electron chi connectivity index (χ1n) is 11.9. The topological polar surface area (TPSA) is 97.6 Å². The summed E-state index contributed by atoms with van der Waals surface area (Å²) in [4.78, 5) is 41.4. The highest BCUT2D eigenvalue weighted by atomic mass is 16.5. The number of carbonyl (C=O) groups excluding carboxylic acids is 2. The number of hydrogen-bond donors (Lipinski definition) is 2. The largest absolute Gasteiger partial charge is 0.450 e. The van der Waals surface area contributed by atoms with Gasteiger partial charge in [0.25, 0.3) is 5.91 Å². The monoisotopic (exact) mass is 477 g/mol. The summed E-state index contributed by atoms with van der Waals surface area (Å²) >= 11 is 0. The van der Waals surface area contributed by atoms with Crippen LogP contribution in [0.15, 0.2) is 59.4 Å². The molecule has 9 nitrogen and oxygen atoms in total. The number of piperazine rings is 1. The fourth-order valence-corrected chi connectivity index (χ4v) is 4.34. The van der Waals surface area contributed by atoms with Crippen LogP contribution in [0.25, 0.3) is 16.9 Å². The molecule has 1 aromatic heterocycles. The Labute approximate surface area is 204 Å². The lowest BCUT2D eigenvalue weighted by atomic mass is 10.1. The van der Waals surface area contributed by atoms with E-state index in [1.165, 1.54) is 4.57 Å². The molecule has 0 atom stereocenters. The third kappa shape index (κ3) is 5.14. The normalized spacial score (nSPS) is 13.5. The first-order chi connectivity index (χ1) is 17.0. The summed E-state index contributed by atoms with van der Waals surface area (Å²) in [5.74, 6) is -0.203. The molecular weight excluding hydrogens is 446 g/mol. The molecule has 4 rings (SSSR count). The van der Waals surface area contributed by atoms with Gasteiger partial charge >= 0.3 is 11.8 Å². The Morgan fingerprint density at radius 3 is 2.40 bits per heavy atom. The van der Waals surface area contributed by atoms with Crippen LogP contribution in [0.3, 0.4) is 0 Å². The van der Waals surface area contributed by atoms with E-state index in [2.05, 4.69) is 10.6 Å². The number of benzene rings is 2. The van der Waals surface area contributed by atoms with E-state index in [1.807, 2.05) is 61.5 Å². The average molecular weight is 478 g/mol. The number of imidazole rings is 1. The maximum atomic E-state index is 13.9. The van der Waals surface area contributed by atoms with E-state index in [0.29, 0.717) is 43.3 Å². The lowest BCUT2D eigenvalue weighted by Gasteiger charge is -2.28. The third-order valence-electron chi connectivity index (χ3n) is 6.03. The van der Waals surface area contributed by atoms with Gasteiger partial charge in [0.15, 0.2) is 0 Å². The Morgan fingerprint density at radius 1 is 1.03 bits per heavy atom. The maximum Gasteiger partial charge on any atom is 0.407 e. The summed E-state index contributed by atoms with van der Waals surface area (Å²) in [6.45, 7) is 6.68. The van der Waals surface area contributed by atoms with Crippen molar-refractivity contribution in [2.24, 2.45) is 0 Å². The van der Waals surface area contributed by atoms with Crippen molar-refractivity contribution in [1.29, 1.82) is 0 Å². The Morgan fingerprint density at radius 2 is 1.71 bits per heavy atom. The van der Waals surface area contributed by atoms with Crippen LogP contribution in [-0.2, 0) is 11.3 Å². The predicted molar refractivity (Wildman–Crippen MR) is 134 cm³/mol. The lowest BCUT2D eigenvalue weighted by molar-refractivity contribution is 0.0725. The molecule has 35 heavy (non-hydrogen) atoms. The van der Waals surface area contributed by atoms with Crippen LogP contribution < -0.4 is 16.3 Å². The van der Waals surface area contributed by atoms with E-state index < -0.39 is 6.09 Å². The lowest BCUT2D eigenvalue weighted by Crippen LogP contribution is -2.47. The van der Waals surface area contributed by atoms with Gasteiger partial charge < -0.3 is 20.3 Å². The fraction of sp³-hybridized carbons (Fsp3) is 0.346. The van der Waals surface area contributed by atoms with E-state index in [9.17, 15) is 14.4 Å². The van der Waals surface area contributed by atoms with Crippen molar-refractivity contribution in [2.75, 3.05) is 39.3 Å². The van der Waals surface area contributed by atoms with Crippen LogP contribution in [-0.4, -0.2) is 65.4 Å². The zero-order valence-electron chi connectivity index (χ0n) is 20.1. The minimum atomic E-state index is -0.558.